The minimum Gasteiger partial charge on any atom is -0.339 e. The smallest absolute Gasteiger partial charge is 0.269 e. The number of carbonyl (C=O) groups is 1. The standard InChI is InChI=1S/C18H19ClN2O3S/c1-13(14-4-3-5-16(12-14)21(23)24)20(2)18(22)10-11-25-17-8-6-15(19)7-9-17/h3-9,12-13H,10-11H2,1-2H3/t13-/m0/s1. The Hall–Kier alpha value is -2.05. The Morgan fingerprint density at radius 3 is 2.60 bits per heavy atom. The highest BCUT2D eigenvalue weighted by molar-refractivity contribution is 7.99. The molecule has 0 radical (unpaired) electrons. The van der Waals surface area contributed by atoms with E-state index in [0.717, 1.165) is 10.5 Å². The van der Waals surface area contributed by atoms with E-state index in [1.54, 1.807) is 35.8 Å². The van der Waals surface area contributed by atoms with Gasteiger partial charge < -0.3 is 4.90 Å². The molecule has 0 aliphatic carbocycles. The topological polar surface area (TPSA) is 63.5 Å². The van der Waals surface area contributed by atoms with Crippen molar-refractivity contribution >= 4 is 35.0 Å². The van der Waals surface area contributed by atoms with Crippen molar-refractivity contribution in [1.82, 2.24) is 4.90 Å². The van der Waals surface area contributed by atoms with Crippen LogP contribution in [0.3, 0.4) is 0 Å². The van der Waals surface area contributed by atoms with E-state index in [4.69, 9.17) is 11.6 Å². The first kappa shape index (κ1) is 19.3. The number of amides is 1. The number of nitro benzene ring substituents is 1. The fraction of sp³-hybridized carbons (Fsp3) is 0.278. The molecule has 0 bridgehead atoms. The molecule has 5 nitrogen and oxygen atoms in total. The molecule has 0 heterocycles. The van der Waals surface area contributed by atoms with Gasteiger partial charge in [-0.25, -0.2) is 0 Å². The van der Waals surface area contributed by atoms with Crippen LogP contribution in [0.25, 0.3) is 0 Å². The van der Waals surface area contributed by atoms with Crippen LogP contribution in [0.15, 0.2) is 53.4 Å². The van der Waals surface area contributed by atoms with Gasteiger partial charge >= 0.3 is 0 Å². The lowest BCUT2D eigenvalue weighted by Crippen LogP contribution is -2.29. The summed E-state index contributed by atoms with van der Waals surface area (Å²) in [6.45, 7) is 1.86. The first-order chi connectivity index (χ1) is 11.9. The van der Waals surface area contributed by atoms with E-state index in [2.05, 4.69) is 0 Å². The second kappa shape index (κ2) is 8.87. The van der Waals surface area contributed by atoms with Crippen LogP contribution in [0.4, 0.5) is 5.69 Å². The number of nitrogens with zero attached hydrogens (tertiary/aromatic N) is 2. The van der Waals surface area contributed by atoms with Crippen LogP contribution in [0.5, 0.6) is 0 Å². The highest BCUT2D eigenvalue weighted by Gasteiger charge is 2.19. The number of hydrogen-bond donors (Lipinski definition) is 0. The first-order valence-corrected chi connectivity index (χ1v) is 9.13. The van der Waals surface area contributed by atoms with Crippen LogP contribution in [-0.2, 0) is 4.79 Å². The average molecular weight is 379 g/mol. The van der Waals surface area contributed by atoms with Crippen molar-refractivity contribution in [3.63, 3.8) is 0 Å². The van der Waals surface area contributed by atoms with Crippen LogP contribution < -0.4 is 0 Å². The van der Waals surface area contributed by atoms with Gasteiger partial charge in [-0.2, -0.15) is 0 Å². The maximum Gasteiger partial charge on any atom is 0.269 e. The summed E-state index contributed by atoms with van der Waals surface area (Å²) in [7, 11) is 1.72. The number of rotatable bonds is 7. The van der Waals surface area contributed by atoms with E-state index in [-0.39, 0.29) is 17.6 Å². The Bertz CT molecular complexity index is 752. The number of carbonyl (C=O) groups excluding carboxylic acids is 1. The maximum atomic E-state index is 12.4. The summed E-state index contributed by atoms with van der Waals surface area (Å²) in [6.07, 6.45) is 0.392. The van der Waals surface area contributed by atoms with Gasteiger partial charge in [0.1, 0.15) is 0 Å². The third kappa shape index (κ3) is 5.47. The highest BCUT2D eigenvalue weighted by Crippen LogP contribution is 2.25. The molecule has 2 rings (SSSR count). The van der Waals surface area contributed by atoms with E-state index < -0.39 is 4.92 Å². The van der Waals surface area contributed by atoms with Crippen LogP contribution in [0.2, 0.25) is 5.02 Å². The molecule has 0 aromatic heterocycles. The van der Waals surface area contributed by atoms with Gasteiger partial charge in [-0.05, 0) is 36.8 Å². The normalized spacial score (nSPS) is 11.8. The average Bonchev–Trinajstić information content (AvgIpc) is 2.62. The summed E-state index contributed by atoms with van der Waals surface area (Å²) in [6, 6.07) is 13.7. The van der Waals surface area contributed by atoms with Gasteiger partial charge in [0.15, 0.2) is 0 Å². The van der Waals surface area contributed by atoms with Crippen molar-refractivity contribution in [2.75, 3.05) is 12.8 Å². The third-order valence-corrected chi connectivity index (χ3v) is 5.20. The maximum absolute atomic E-state index is 12.4. The zero-order valence-corrected chi connectivity index (χ0v) is 15.6. The quantitative estimate of drug-likeness (QED) is 0.388. The molecule has 0 saturated heterocycles. The number of nitro groups is 1. The molecule has 0 aliphatic rings. The molecule has 0 fully saturated rings. The fourth-order valence-corrected chi connectivity index (χ4v) is 3.27. The molecule has 2 aromatic carbocycles. The van der Waals surface area contributed by atoms with E-state index in [1.165, 1.54) is 12.1 Å². The molecular weight excluding hydrogens is 360 g/mol. The lowest BCUT2D eigenvalue weighted by molar-refractivity contribution is -0.384. The summed E-state index contributed by atoms with van der Waals surface area (Å²) in [5, 5.41) is 11.6. The molecule has 1 atom stereocenters. The Labute approximate surface area is 156 Å². The molecule has 0 N–H and O–H groups in total. The zero-order chi connectivity index (χ0) is 18.4. The Balaban J connectivity index is 1.91. The predicted octanol–water partition coefficient (Wildman–Crippen LogP) is 4.95. The van der Waals surface area contributed by atoms with E-state index in [1.807, 2.05) is 31.2 Å². The fourth-order valence-electron chi connectivity index (χ4n) is 2.30. The van der Waals surface area contributed by atoms with Crippen LogP contribution in [-0.4, -0.2) is 28.5 Å². The van der Waals surface area contributed by atoms with Gasteiger partial charge in [0, 0.05) is 41.3 Å². The van der Waals surface area contributed by atoms with E-state index >= 15 is 0 Å². The molecule has 0 aliphatic heterocycles. The van der Waals surface area contributed by atoms with E-state index in [9.17, 15) is 14.9 Å². The molecule has 132 valence electrons. The number of thioether (sulfide) groups is 1. The van der Waals surface area contributed by atoms with Gasteiger partial charge in [-0.15, -0.1) is 11.8 Å². The van der Waals surface area contributed by atoms with Gasteiger partial charge in [0.2, 0.25) is 5.91 Å². The molecule has 7 heteroatoms. The van der Waals surface area contributed by atoms with Gasteiger partial charge in [-0.1, -0.05) is 23.7 Å². The summed E-state index contributed by atoms with van der Waals surface area (Å²) in [4.78, 5) is 25.5. The monoisotopic (exact) mass is 378 g/mol. The summed E-state index contributed by atoms with van der Waals surface area (Å²) < 4.78 is 0. The number of benzene rings is 2. The number of halogens is 1. The van der Waals surface area contributed by atoms with Gasteiger partial charge in [0.05, 0.1) is 11.0 Å². The van der Waals surface area contributed by atoms with Gasteiger partial charge in [0.25, 0.3) is 5.69 Å². The lowest BCUT2D eigenvalue weighted by atomic mass is 10.1. The van der Waals surface area contributed by atoms with Gasteiger partial charge in [-0.3, -0.25) is 14.9 Å². The van der Waals surface area contributed by atoms with Crippen molar-refractivity contribution in [3.8, 4) is 0 Å². The van der Waals surface area contributed by atoms with E-state index in [0.29, 0.717) is 17.2 Å². The first-order valence-electron chi connectivity index (χ1n) is 7.77. The SMILES string of the molecule is C[C@@H](c1cccc([N+](=O)[O-])c1)N(C)C(=O)CCSc1ccc(Cl)cc1. The van der Waals surface area contributed by atoms with Crippen molar-refractivity contribution < 1.29 is 9.72 Å². The Morgan fingerprint density at radius 1 is 1.28 bits per heavy atom. The minimum atomic E-state index is -0.430. The van der Waals surface area contributed by atoms with Crippen molar-refractivity contribution in [1.29, 1.82) is 0 Å². The number of hydrogen-bond acceptors (Lipinski definition) is 4. The molecule has 0 saturated carbocycles. The van der Waals surface area contributed by atoms with Crippen molar-refractivity contribution in [3.05, 3.63) is 69.2 Å². The summed E-state index contributed by atoms with van der Waals surface area (Å²) in [5.74, 6) is 0.660. The predicted molar refractivity (Wildman–Crippen MR) is 101 cm³/mol. The highest BCUT2D eigenvalue weighted by atomic mass is 35.5. The molecule has 1 amide bonds. The largest absolute Gasteiger partial charge is 0.339 e. The summed E-state index contributed by atoms with van der Waals surface area (Å²) >= 11 is 7.44. The Kier molecular flexibility index (Phi) is 6.84. The third-order valence-electron chi connectivity index (χ3n) is 3.94. The number of non-ortho nitro benzene ring substituents is 1. The van der Waals surface area contributed by atoms with Crippen molar-refractivity contribution in [2.45, 2.75) is 24.3 Å². The second-order valence-corrected chi connectivity index (χ2v) is 7.19. The molecular formula is C18H19ClN2O3S. The minimum absolute atomic E-state index is 0.000435. The zero-order valence-electron chi connectivity index (χ0n) is 14.0. The summed E-state index contributed by atoms with van der Waals surface area (Å²) in [5.41, 5.74) is 0.777. The van der Waals surface area contributed by atoms with Crippen molar-refractivity contribution in [2.24, 2.45) is 0 Å². The second-order valence-electron chi connectivity index (χ2n) is 5.59. The van der Waals surface area contributed by atoms with Crippen LogP contribution in [0, 0.1) is 10.1 Å². The molecule has 0 unspecified atom stereocenters. The molecule has 25 heavy (non-hydrogen) atoms. The molecule has 0 spiro atoms. The van der Waals surface area contributed by atoms with Crippen LogP contribution in [0.1, 0.15) is 24.9 Å². The Morgan fingerprint density at radius 2 is 1.96 bits per heavy atom. The van der Waals surface area contributed by atoms with Crippen LogP contribution >= 0.6 is 23.4 Å². The molecule has 2 aromatic rings. The lowest BCUT2D eigenvalue weighted by Gasteiger charge is -2.25.